The molecule has 2 heterocycles. The number of hydrogen-bond donors (Lipinski definition) is 1. The average molecular weight is 259 g/mol. The van der Waals surface area contributed by atoms with E-state index in [-0.39, 0.29) is 11.4 Å². The van der Waals surface area contributed by atoms with Crippen molar-refractivity contribution < 1.29 is 4.39 Å². The molecule has 1 aliphatic carbocycles. The SMILES string of the molecule is CC1(c2nc3c(F)cccc3n2C2CC2)CCCN1. The molecule has 100 valence electrons. The normalized spacial score (nSPS) is 27.3. The number of nitrogens with zero attached hydrogens (tertiary/aromatic N) is 2. The summed E-state index contributed by atoms with van der Waals surface area (Å²) in [4.78, 5) is 4.65. The second-order valence-corrected chi connectivity index (χ2v) is 6.01. The molecule has 19 heavy (non-hydrogen) atoms. The first-order valence-electron chi connectivity index (χ1n) is 7.11. The second kappa shape index (κ2) is 3.79. The van der Waals surface area contributed by atoms with Gasteiger partial charge < -0.3 is 9.88 Å². The second-order valence-electron chi connectivity index (χ2n) is 6.01. The Morgan fingerprint density at radius 2 is 2.26 bits per heavy atom. The molecule has 2 aromatic rings. The topological polar surface area (TPSA) is 29.9 Å². The van der Waals surface area contributed by atoms with E-state index >= 15 is 0 Å². The van der Waals surface area contributed by atoms with Crippen LogP contribution in [0, 0.1) is 5.82 Å². The van der Waals surface area contributed by atoms with Crippen LogP contribution in [0.5, 0.6) is 0 Å². The monoisotopic (exact) mass is 259 g/mol. The van der Waals surface area contributed by atoms with Crippen LogP contribution in [-0.4, -0.2) is 16.1 Å². The van der Waals surface area contributed by atoms with Gasteiger partial charge in [0.05, 0.1) is 11.1 Å². The zero-order valence-corrected chi connectivity index (χ0v) is 11.1. The van der Waals surface area contributed by atoms with Crippen LogP contribution in [0.25, 0.3) is 11.0 Å². The van der Waals surface area contributed by atoms with Crippen molar-refractivity contribution in [1.82, 2.24) is 14.9 Å². The minimum absolute atomic E-state index is 0.103. The summed E-state index contributed by atoms with van der Waals surface area (Å²) in [5.74, 6) is 0.812. The summed E-state index contributed by atoms with van der Waals surface area (Å²) in [6.07, 6.45) is 4.60. The minimum atomic E-state index is -0.209. The van der Waals surface area contributed by atoms with Crippen molar-refractivity contribution in [2.45, 2.75) is 44.2 Å². The Morgan fingerprint density at radius 3 is 2.95 bits per heavy atom. The van der Waals surface area contributed by atoms with E-state index in [0.717, 1.165) is 30.7 Å². The number of fused-ring (bicyclic) bond motifs is 1. The molecule has 1 saturated carbocycles. The number of para-hydroxylation sites is 1. The Kier molecular flexibility index (Phi) is 2.28. The standard InChI is InChI=1S/C15H18FN3/c1-15(8-3-9-17-15)14-18-13-11(16)4-2-5-12(13)19(14)10-6-7-10/h2,4-5,10,17H,3,6-9H2,1H3. The smallest absolute Gasteiger partial charge is 0.151 e. The molecule has 4 heteroatoms. The maximum atomic E-state index is 14.0. The quantitative estimate of drug-likeness (QED) is 0.898. The first kappa shape index (κ1) is 11.4. The van der Waals surface area contributed by atoms with Crippen molar-refractivity contribution in [1.29, 1.82) is 0 Å². The van der Waals surface area contributed by atoms with Gasteiger partial charge in [0.25, 0.3) is 0 Å². The highest BCUT2D eigenvalue weighted by molar-refractivity contribution is 5.77. The molecule has 2 fully saturated rings. The summed E-state index contributed by atoms with van der Waals surface area (Å²) in [7, 11) is 0. The van der Waals surface area contributed by atoms with Crippen molar-refractivity contribution in [2.75, 3.05) is 6.54 Å². The van der Waals surface area contributed by atoms with Gasteiger partial charge in [-0.2, -0.15) is 0 Å². The summed E-state index contributed by atoms with van der Waals surface area (Å²) < 4.78 is 16.3. The van der Waals surface area contributed by atoms with Gasteiger partial charge in [-0.1, -0.05) is 6.07 Å². The van der Waals surface area contributed by atoms with Gasteiger partial charge in [-0.05, 0) is 51.3 Å². The molecule has 0 amide bonds. The zero-order valence-electron chi connectivity index (χ0n) is 11.1. The van der Waals surface area contributed by atoms with E-state index in [1.165, 1.54) is 18.9 Å². The van der Waals surface area contributed by atoms with Crippen molar-refractivity contribution in [2.24, 2.45) is 0 Å². The molecule has 1 N–H and O–H groups in total. The first-order valence-corrected chi connectivity index (χ1v) is 7.11. The third-order valence-corrected chi connectivity index (χ3v) is 4.45. The number of aromatic nitrogens is 2. The van der Waals surface area contributed by atoms with Crippen LogP contribution in [0.2, 0.25) is 0 Å². The third-order valence-electron chi connectivity index (χ3n) is 4.45. The summed E-state index contributed by atoms with van der Waals surface area (Å²) in [6, 6.07) is 5.79. The van der Waals surface area contributed by atoms with Crippen LogP contribution in [-0.2, 0) is 5.54 Å². The van der Waals surface area contributed by atoms with E-state index in [0.29, 0.717) is 11.6 Å². The van der Waals surface area contributed by atoms with Crippen LogP contribution in [0.3, 0.4) is 0 Å². The van der Waals surface area contributed by atoms with Crippen molar-refractivity contribution in [3.63, 3.8) is 0 Å². The lowest BCUT2D eigenvalue weighted by Gasteiger charge is -2.25. The van der Waals surface area contributed by atoms with Crippen molar-refractivity contribution in [3.05, 3.63) is 29.8 Å². The fourth-order valence-corrected chi connectivity index (χ4v) is 3.26. The van der Waals surface area contributed by atoms with Gasteiger partial charge in [0.2, 0.25) is 0 Å². The largest absolute Gasteiger partial charge is 0.323 e. The van der Waals surface area contributed by atoms with Gasteiger partial charge in [0, 0.05) is 6.04 Å². The van der Waals surface area contributed by atoms with Crippen LogP contribution >= 0.6 is 0 Å². The highest BCUT2D eigenvalue weighted by atomic mass is 19.1. The average Bonchev–Trinajstić information content (AvgIpc) is 3.00. The molecule has 1 atom stereocenters. The van der Waals surface area contributed by atoms with E-state index in [9.17, 15) is 4.39 Å². The highest BCUT2D eigenvalue weighted by Crippen LogP contribution is 2.42. The van der Waals surface area contributed by atoms with Gasteiger partial charge in [0.15, 0.2) is 5.82 Å². The third kappa shape index (κ3) is 1.62. The Hall–Kier alpha value is -1.42. The van der Waals surface area contributed by atoms with Gasteiger partial charge in [-0.3, -0.25) is 0 Å². The van der Waals surface area contributed by atoms with Gasteiger partial charge in [-0.15, -0.1) is 0 Å². The van der Waals surface area contributed by atoms with Gasteiger partial charge in [-0.25, -0.2) is 9.37 Å². The zero-order chi connectivity index (χ0) is 13.0. The molecule has 1 unspecified atom stereocenters. The lowest BCUT2D eigenvalue weighted by Crippen LogP contribution is -2.36. The summed E-state index contributed by atoms with van der Waals surface area (Å²) in [5.41, 5.74) is 1.38. The van der Waals surface area contributed by atoms with E-state index in [4.69, 9.17) is 0 Å². The highest BCUT2D eigenvalue weighted by Gasteiger charge is 2.39. The summed E-state index contributed by atoms with van der Waals surface area (Å²) in [6.45, 7) is 3.21. The Labute approximate surface area is 111 Å². The molecule has 1 aromatic heterocycles. The number of hydrogen-bond acceptors (Lipinski definition) is 2. The van der Waals surface area contributed by atoms with Crippen LogP contribution in [0.1, 0.15) is 44.5 Å². The number of rotatable bonds is 2. The molecule has 0 radical (unpaired) electrons. The minimum Gasteiger partial charge on any atom is -0.323 e. The molecular formula is C15H18FN3. The molecule has 0 spiro atoms. The van der Waals surface area contributed by atoms with Crippen molar-refractivity contribution in [3.8, 4) is 0 Å². The van der Waals surface area contributed by atoms with Crippen LogP contribution in [0.15, 0.2) is 18.2 Å². The molecule has 3 nitrogen and oxygen atoms in total. The van der Waals surface area contributed by atoms with Crippen molar-refractivity contribution >= 4 is 11.0 Å². The van der Waals surface area contributed by atoms with Crippen LogP contribution in [0.4, 0.5) is 4.39 Å². The van der Waals surface area contributed by atoms with E-state index in [1.54, 1.807) is 6.07 Å². The molecule has 1 aliphatic heterocycles. The van der Waals surface area contributed by atoms with Crippen LogP contribution < -0.4 is 5.32 Å². The predicted molar refractivity (Wildman–Crippen MR) is 72.6 cm³/mol. The summed E-state index contributed by atoms with van der Waals surface area (Å²) >= 11 is 0. The Bertz CT molecular complexity index is 636. The number of imidazole rings is 1. The lowest BCUT2D eigenvalue weighted by atomic mass is 9.99. The van der Waals surface area contributed by atoms with E-state index in [2.05, 4.69) is 21.8 Å². The fraction of sp³-hybridized carbons (Fsp3) is 0.533. The molecule has 1 aromatic carbocycles. The Balaban J connectivity index is 1.99. The maximum Gasteiger partial charge on any atom is 0.151 e. The number of nitrogens with one attached hydrogen (secondary N) is 1. The number of benzene rings is 1. The molecular weight excluding hydrogens is 241 g/mol. The molecule has 0 bridgehead atoms. The lowest BCUT2D eigenvalue weighted by molar-refractivity contribution is 0.389. The Morgan fingerprint density at radius 1 is 1.42 bits per heavy atom. The van der Waals surface area contributed by atoms with E-state index < -0.39 is 0 Å². The maximum absolute atomic E-state index is 14.0. The molecule has 1 saturated heterocycles. The predicted octanol–water partition coefficient (Wildman–Crippen LogP) is 3.11. The molecule has 4 rings (SSSR count). The summed E-state index contributed by atoms with van der Waals surface area (Å²) in [5, 5.41) is 3.55. The van der Waals surface area contributed by atoms with Gasteiger partial charge in [0.1, 0.15) is 11.3 Å². The first-order chi connectivity index (χ1) is 9.19. The van der Waals surface area contributed by atoms with Gasteiger partial charge >= 0.3 is 0 Å². The molecule has 2 aliphatic rings. The van der Waals surface area contributed by atoms with E-state index in [1.807, 2.05) is 6.07 Å². The number of halogens is 1. The fourth-order valence-electron chi connectivity index (χ4n) is 3.26.